The molecule has 0 saturated heterocycles. The van der Waals surface area contributed by atoms with E-state index in [1.807, 2.05) is 6.07 Å². The lowest BCUT2D eigenvalue weighted by atomic mass is 9.99. The lowest BCUT2D eigenvalue weighted by Gasteiger charge is -2.11. The van der Waals surface area contributed by atoms with Gasteiger partial charge in [0.05, 0.1) is 10.6 Å². The van der Waals surface area contributed by atoms with Crippen LogP contribution in [0, 0.1) is 25.2 Å². The Morgan fingerprint density at radius 3 is 2.41 bits per heavy atom. The Bertz CT molecular complexity index is 1060. The number of anilines is 1. The van der Waals surface area contributed by atoms with Crippen LogP contribution >= 0.6 is 0 Å². The average molecular weight is 387 g/mol. The molecule has 1 heterocycles. The van der Waals surface area contributed by atoms with Gasteiger partial charge >= 0.3 is 0 Å². The summed E-state index contributed by atoms with van der Waals surface area (Å²) in [5.41, 5.74) is 2.12. The van der Waals surface area contributed by atoms with Crippen LogP contribution in [0.3, 0.4) is 0 Å². The number of sulfone groups is 1. The third-order valence-electron chi connectivity index (χ3n) is 4.40. The number of aryl methyl sites for hydroxylation is 1. The van der Waals surface area contributed by atoms with E-state index < -0.39 is 15.4 Å². The van der Waals surface area contributed by atoms with Gasteiger partial charge in [0.25, 0.3) is 5.56 Å². The van der Waals surface area contributed by atoms with E-state index in [9.17, 15) is 18.0 Å². The van der Waals surface area contributed by atoms with E-state index in [0.717, 1.165) is 5.56 Å². The van der Waals surface area contributed by atoms with Crippen LogP contribution < -0.4 is 10.9 Å². The van der Waals surface area contributed by atoms with Gasteiger partial charge in [-0.3, -0.25) is 9.59 Å². The van der Waals surface area contributed by atoms with Crippen LogP contribution in [0.5, 0.6) is 0 Å². The summed E-state index contributed by atoms with van der Waals surface area (Å²) in [6.07, 6.45) is 0.533. The van der Waals surface area contributed by atoms with E-state index in [4.69, 9.17) is 5.26 Å². The van der Waals surface area contributed by atoms with Gasteiger partial charge in [-0.15, -0.1) is 0 Å². The summed E-state index contributed by atoms with van der Waals surface area (Å²) in [5.74, 6) is -0.231. The van der Waals surface area contributed by atoms with E-state index in [1.54, 1.807) is 32.9 Å². The number of nitrogens with one attached hydrogen (secondary N) is 2. The first kappa shape index (κ1) is 20.4. The molecule has 1 aromatic carbocycles. The first-order chi connectivity index (χ1) is 12.7. The first-order valence-corrected chi connectivity index (χ1v) is 10.1. The van der Waals surface area contributed by atoms with Gasteiger partial charge in [-0.1, -0.05) is 6.92 Å². The molecule has 0 atom stereocenters. The third-order valence-corrected chi connectivity index (χ3v) is 6.15. The Balaban J connectivity index is 2.08. The van der Waals surface area contributed by atoms with Crippen molar-refractivity contribution >= 4 is 21.4 Å². The summed E-state index contributed by atoms with van der Waals surface area (Å²) in [6.45, 7) is 5.00. The van der Waals surface area contributed by atoms with Crippen LogP contribution in [0.2, 0.25) is 0 Å². The van der Waals surface area contributed by atoms with Crippen molar-refractivity contribution in [3.05, 3.63) is 57.0 Å². The van der Waals surface area contributed by atoms with Crippen molar-refractivity contribution in [2.75, 3.05) is 11.1 Å². The zero-order valence-electron chi connectivity index (χ0n) is 15.4. The van der Waals surface area contributed by atoms with E-state index in [1.165, 1.54) is 12.1 Å². The monoisotopic (exact) mass is 387 g/mol. The molecule has 8 heteroatoms. The lowest BCUT2D eigenvalue weighted by molar-refractivity contribution is -0.116. The molecule has 0 aliphatic heterocycles. The standard InChI is InChI=1S/C19H21N3O4S/c1-4-27(25,26)15-7-5-14(6-8-15)22-18(23)10-9-16-12(2)17(11-20)19(24)21-13(16)3/h5-8H,4,9-10H2,1-3H3,(H,21,24)(H,22,23). The highest BCUT2D eigenvalue weighted by atomic mass is 32.2. The van der Waals surface area contributed by atoms with Gasteiger partial charge in [-0.05, 0) is 55.7 Å². The molecular formula is C19H21N3O4S. The number of carbonyl (C=O) groups is 1. The highest BCUT2D eigenvalue weighted by molar-refractivity contribution is 7.91. The molecule has 2 rings (SSSR count). The molecule has 1 amide bonds. The molecule has 0 saturated carbocycles. The molecule has 0 bridgehead atoms. The number of hydrogen-bond acceptors (Lipinski definition) is 5. The zero-order valence-corrected chi connectivity index (χ0v) is 16.2. The number of nitriles is 1. The summed E-state index contributed by atoms with van der Waals surface area (Å²) in [7, 11) is -3.28. The van der Waals surface area contributed by atoms with E-state index >= 15 is 0 Å². The van der Waals surface area contributed by atoms with Crippen LogP contribution in [0.1, 0.15) is 35.7 Å². The molecule has 2 aromatic rings. The predicted octanol–water partition coefficient (Wildman–Crippen LogP) is 2.23. The van der Waals surface area contributed by atoms with Crippen LogP contribution in [-0.2, 0) is 21.1 Å². The summed E-state index contributed by atoms with van der Waals surface area (Å²) in [5, 5.41) is 11.8. The van der Waals surface area contributed by atoms with Crippen molar-refractivity contribution < 1.29 is 13.2 Å². The molecule has 7 nitrogen and oxygen atoms in total. The maximum atomic E-state index is 12.2. The molecule has 27 heavy (non-hydrogen) atoms. The molecule has 0 unspecified atom stereocenters. The van der Waals surface area contributed by atoms with Crippen molar-refractivity contribution in [1.82, 2.24) is 4.98 Å². The molecule has 0 aliphatic rings. The number of benzene rings is 1. The Hall–Kier alpha value is -2.92. The highest BCUT2D eigenvalue weighted by Gasteiger charge is 2.14. The van der Waals surface area contributed by atoms with Gasteiger partial charge in [-0.2, -0.15) is 5.26 Å². The van der Waals surface area contributed by atoms with Crippen LogP contribution in [0.4, 0.5) is 5.69 Å². The molecule has 0 aliphatic carbocycles. The fourth-order valence-electron chi connectivity index (χ4n) is 2.79. The van der Waals surface area contributed by atoms with Gasteiger partial charge in [0, 0.05) is 17.8 Å². The SMILES string of the molecule is CCS(=O)(=O)c1ccc(NC(=O)CCc2c(C)[nH]c(=O)c(C#N)c2C)cc1. The van der Waals surface area contributed by atoms with Crippen molar-refractivity contribution in [2.24, 2.45) is 0 Å². The summed E-state index contributed by atoms with van der Waals surface area (Å²) in [4.78, 5) is 26.8. The third kappa shape index (κ3) is 4.63. The number of H-pyrrole nitrogens is 1. The first-order valence-electron chi connectivity index (χ1n) is 8.44. The van der Waals surface area contributed by atoms with Crippen LogP contribution in [-0.4, -0.2) is 25.1 Å². The molecular weight excluding hydrogens is 366 g/mol. The van der Waals surface area contributed by atoms with E-state index in [0.29, 0.717) is 23.4 Å². The molecule has 0 spiro atoms. The number of amides is 1. The van der Waals surface area contributed by atoms with Gasteiger partial charge in [0.1, 0.15) is 11.6 Å². The highest BCUT2D eigenvalue weighted by Crippen LogP contribution is 2.17. The van der Waals surface area contributed by atoms with Crippen LogP contribution in [0.25, 0.3) is 0 Å². The van der Waals surface area contributed by atoms with Crippen molar-refractivity contribution in [3.8, 4) is 6.07 Å². The predicted molar refractivity (Wildman–Crippen MR) is 102 cm³/mol. The van der Waals surface area contributed by atoms with Crippen molar-refractivity contribution in [3.63, 3.8) is 0 Å². The second-order valence-electron chi connectivity index (χ2n) is 6.15. The molecule has 2 N–H and O–H groups in total. The number of aromatic nitrogens is 1. The molecule has 1 aromatic heterocycles. The molecule has 0 fully saturated rings. The zero-order chi connectivity index (χ0) is 20.2. The minimum absolute atomic E-state index is 0.0151. The Labute approximate surface area is 158 Å². The fourth-order valence-corrected chi connectivity index (χ4v) is 3.68. The van der Waals surface area contributed by atoms with Gasteiger partial charge in [-0.25, -0.2) is 8.42 Å². The maximum Gasteiger partial charge on any atom is 0.266 e. The topological polar surface area (TPSA) is 120 Å². The normalized spacial score (nSPS) is 11.0. The molecule has 0 radical (unpaired) electrons. The summed E-state index contributed by atoms with van der Waals surface area (Å²) >= 11 is 0. The van der Waals surface area contributed by atoms with Crippen molar-refractivity contribution in [2.45, 2.75) is 38.5 Å². The van der Waals surface area contributed by atoms with E-state index in [2.05, 4.69) is 10.3 Å². The fraction of sp³-hybridized carbons (Fsp3) is 0.316. The van der Waals surface area contributed by atoms with Gasteiger partial charge < -0.3 is 10.3 Å². The Kier molecular flexibility index (Phi) is 6.18. The second kappa shape index (κ2) is 8.18. The Morgan fingerprint density at radius 1 is 1.22 bits per heavy atom. The number of rotatable bonds is 6. The summed E-state index contributed by atoms with van der Waals surface area (Å²) in [6, 6.07) is 7.90. The number of aromatic amines is 1. The minimum atomic E-state index is -3.28. The smallest absolute Gasteiger partial charge is 0.266 e. The quantitative estimate of drug-likeness (QED) is 0.787. The number of pyridine rings is 1. The van der Waals surface area contributed by atoms with E-state index in [-0.39, 0.29) is 28.5 Å². The Morgan fingerprint density at radius 2 is 1.85 bits per heavy atom. The van der Waals surface area contributed by atoms with Crippen LogP contribution in [0.15, 0.2) is 34.0 Å². The average Bonchev–Trinajstić information content (AvgIpc) is 2.62. The summed E-state index contributed by atoms with van der Waals surface area (Å²) < 4.78 is 23.6. The number of nitrogens with zero attached hydrogens (tertiary/aromatic N) is 1. The second-order valence-corrected chi connectivity index (χ2v) is 8.42. The lowest BCUT2D eigenvalue weighted by Crippen LogP contribution is -2.18. The largest absolute Gasteiger partial charge is 0.326 e. The maximum absolute atomic E-state index is 12.2. The molecule has 142 valence electrons. The number of hydrogen-bond donors (Lipinski definition) is 2. The minimum Gasteiger partial charge on any atom is -0.326 e. The van der Waals surface area contributed by atoms with Crippen molar-refractivity contribution in [1.29, 1.82) is 5.26 Å². The number of carbonyl (C=O) groups excluding carboxylic acids is 1. The van der Waals surface area contributed by atoms with Gasteiger partial charge in [0.2, 0.25) is 5.91 Å². The van der Waals surface area contributed by atoms with Gasteiger partial charge in [0.15, 0.2) is 9.84 Å².